The lowest BCUT2D eigenvalue weighted by atomic mass is 9.62. The topological polar surface area (TPSA) is 57.5 Å². The fraction of sp³-hybridized carbons (Fsp3) is 0.769. The maximum absolute atomic E-state index is 9.73. The summed E-state index contributed by atoms with van der Waals surface area (Å²) in [6.45, 7) is 3.43. The maximum atomic E-state index is 9.73. The molecular weight excluding hydrogens is 204 g/mol. The van der Waals surface area contributed by atoms with Crippen molar-refractivity contribution in [3.8, 4) is 0 Å². The van der Waals surface area contributed by atoms with Gasteiger partial charge in [-0.2, -0.15) is 0 Å². The van der Waals surface area contributed by atoms with Gasteiger partial charge in [0.05, 0.1) is 5.76 Å². The summed E-state index contributed by atoms with van der Waals surface area (Å²) in [5.41, 5.74) is 0.428. The largest absolute Gasteiger partial charge is 0.512 e. The van der Waals surface area contributed by atoms with Gasteiger partial charge in [0.25, 0.3) is 5.97 Å². The first-order valence-electron chi connectivity index (χ1n) is 6.04. The first-order chi connectivity index (χ1) is 7.46. The minimum absolute atomic E-state index is 0.428. The first kappa shape index (κ1) is 13.1. The number of fused-ring (bicyclic) bond motifs is 1. The summed E-state index contributed by atoms with van der Waals surface area (Å²) in [6, 6.07) is 0. The van der Waals surface area contributed by atoms with Crippen LogP contribution in [0.1, 0.15) is 52.4 Å². The van der Waals surface area contributed by atoms with Gasteiger partial charge in [-0.25, -0.2) is 0 Å². The van der Waals surface area contributed by atoms with Crippen molar-refractivity contribution in [1.29, 1.82) is 0 Å². The minimum Gasteiger partial charge on any atom is -0.512 e. The lowest BCUT2D eigenvalue weighted by molar-refractivity contribution is -0.134. The molecule has 3 heteroatoms. The summed E-state index contributed by atoms with van der Waals surface area (Å²) in [6.07, 6.45) is 9.57. The standard InChI is InChI=1S/C11H18O.C2H4O2/c1-11-7-3-2-5-9(11)10(12)6-4-8-11;1-2(3)4/h6,9,12H,2-5,7-8H2,1H3;1H3,(H,3,4)/t9-,11+;/m1./s1. The van der Waals surface area contributed by atoms with Crippen molar-refractivity contribution in [3.05, 3.63) is 11.8 Å². The van der Waals surface area contributed by atoms with Crippen LogP contribution in [0.3, 0.4) is 0 Å². The fourth-order valence-electron chi connectivity index (χ4n) is 2.90. The van der Waals surface area contributed by atoms with Gasteiger partial charge < -0.3 is 10.2 Å². The van der Waals surface area contributed by atoms with E-state index in [1.165, 1.54) is 32.1 Å². The van der Waals surface area contributed by atoms with E-state index in [1.54, 1.807) is 0 Å². The van der Waals surface area contributed by atoms with E-state index in [0.29, 0.717) is 17.1 Å². The molecule has 0 aromatic carbocycles. The summed E-state index contributed by atoms with van der Waals surface area (Å²) in [5.74, 6) is 0.337. The number of hydrogen-bond acceptors (Lipinski definition) is 2. The molecule has 3 nitrogen and oxygen atoms in total. The molecule has 2 aliphatic carbocycles. The summed E-state index contributed by atoms with van der Waals surface area (Å²) in [4.78, 5) is 9.00. The third-order valence-electron chi connectivity index (χ3n) is 3.76. The number of hydrogen-bond donors (Lipinski definition) is 2. The van der Waals surface area contributed by atoms with Gasteiger partial charge in [0, 0.05) is 12.8 Å². The molecule has 0 heterocycles. The molecule has 0 aliphatic heterocycles. The van der Waals surface area contributed by atoms with Crippen LogP contribution in [0, 0.1) is 11.3 Å². The van der Waals surface area contributed by atoms with E-state index < -0.39 is 5.97 Å². The molecule has 2 N–H and O–H groups in total. The van der Waals surface area contributed by atoms with Gasteiger partial charge >= 0.3 is 0 Å². The lowest BCUT2D eigenvalue weighted by Crippen LogP contribution is -2.34. The molecule has 0 unspecified atom stereocenters. The zero-order chi connectivity index (χ0) is 12.2. The van der Waals surface area contributed by atoms with Crippen LogP contribution in [-0.4, -0.2) is 16.2 Å². The number of aliphatic carboxylic acids is 1. The Morgan fingerprint density at radius 2 is 2.06 bits per heavy atom. The molecule has 92 valence electrons. The van der Waals surface area contributed by atoms with E-state index in [9.17, 15) is 5.11 Å². The van der Waals surface area contributed by atoms with Crippen LogP contribution in [-0.2, 0) is 4.79 Å². The third-order valence-corrected chi connectivity index (χ3v) is 3.76. The Bertz CT molecular complexity index is 279. The second-order valence-electron chi connectivity index (χ2n) is 5.14. The van der Waals surface area contributed by atoms with Crippen molar-refractivity contribution in [2.24, 2.45) is 11.3 Å². The lowest BCUT2D eigenvalue weighted by Gasteiger charge is -2.43. The number of aliphatic hydroxyl groups is 1. The monoisotopic (exact) mass is 226 g/mol. The summed E-state index contributed by atoms with van der Waals surface area (Å²) in [5, 5.41) is 17.1. The first-order valence-corrected chi connectivity index (χ1v) is 6.04. The Morgan fingerprint density at radius 3 is 2.62 bits per heavy atom. The van der Waals surface area contributed by atoms with Crippen LogP contribution in [0.2, 0.25) is 0 Å². The van der Waals surface area contributed by atoms with Gasteiger partial charge in [-0.1, -0.05) is 19.8 Å². The van der Waals surface area contributed by atoms with E-state index in [-0.39, 0.29) is 0 Å². The highest BCUT2D eigenvalue weighted by atomic mass is 16.4. The zero-order valence-corrected chi connectivity index (χ0v) is 10.2. The van der Waals surface area contributed by atoms with Gasteiger partial charge in [-0.05, 0) is 37.2 Å². The molecule has 1 fully saturated rings. The van der Waals surface area contributed by atoms with E-state index in [4.69, 9.17) is 9.90 Å². The number of aliphatic hydroxyl groups excluding tert-OH is 1. The highest BCUT2D eigenvalue weighted by molar-refractivity contribution is 5.62. The van der Waals surface area contributed by atoms with Gasteiger partial charge in [-0.3, -0.25) is 4.79 Å². The number of carbonyl (C=O) groups is 1. The highest BCUT2D eigenvalue weighted by Gasteiger charge is 2.39. The molecule has 16 heavy (non-hydrogen) atoms. The molecule has 0 aromatic rings. The van der Waals surface area contributed by atoms with Crippen molar-refractivity contribution in [1.82, 2.24) is 0 Å². The van der Waals surface area contributed by atoms with Crippen molar-refractivity contribution in [3.63, 3.8) is 0 Å². The molecule has 0 bridgehead atoms. The number of rotatable bonds is 0. The predicted molar refractivity (Wildman–Crippen MR) is 63.3 cm³/mol. The van der Waals surface area contributed by atoms with E-state index in [1.807, 2.05) is 6.08 Å². The Hall–Kier alpha value is -0.990. The second kappa shape index (κ2) is 5.37. The third kappa shape index (κ3) is 3.26. The SMILES string of the molecule is CC(=O)O.C[C@]12CCC=C(O)[C@H]1CCCC2. The average molecular weight is 226 g/mol. The zero-order valence-electron chi connectivity index (χ0n) is 10.2. The van der Waals surface area contributed by atoms with E-state index in [2.05, 4.69) is 6.92 Å². The molecule has 0 radical (unpaired) electrons. The average Bonchev–Trinajstić information content (AvgIpc) is 2.16. The molecular formula is C13H22O3. The Labute approximate surface area is 97.2 Å². The van der Waals surface area contributed by atoms with Crippen LogP contribution < -0.4 is 0 Å². The number of allylic oxidation sites excluding steroid dienone is 2. The molecule has 0 aromatic heterocycles. The molecule has 0 saturated heterocycles. The van der Waals surface area contributed by atoms with Crippen LogP contribution in [0.15, 0.2) is 11.8 Å². The molecule has 1 saturated carbocycles. The Balaban J connectivity index is 0.000000280. The summed E-state index contributed by atoms with van der Waals surface area (Å²) in [7, 11) is 0. The molecule has 2 atom stereocenters. The van der Waals surface area contributed by atoms with Gasteiger partial charge in [0.2, 0.25) is 0 Å². The summed E-state index contributed by atoms with van der Waals surface area (Å²) >= 11 is 0. The van der Waals surface area contributed by atoms with E-state index >= 15 is 0 Å². The fourth-order valence-corrected chi connectivity index (χ4v) is 2.90. The van der Waals surface area contributed by atoms with Crippen LogP contribution in [0.5, 0.6) is 0 Å². The minimum atomic E-state index is -0.833. The van der Waals surface area contributed by atoms with Crippen LogP contribution >= 0.6 is 0 Å². The van der Waals surface area contributed by atoms with Gasteiger partial charge in [0.15, 0.2) is 0 Å². The maximum Gasteiger partial charge on any atom is 0.300 e. The van der Waals surface area contributed by atoms with Gasteiger partial charge in [-0.15, -0.1) is 0 Å². The predicted octanol–water partition coefficient (Wildman–Crippen LogP) is 3.51. The molecule has 0 amide bonds. The second-order valence-corrected chi connectivity index (χ2v) is 5.14. The van der Waals surface area contributed by atoms with Crippen LogP contribution in [0.25, 0.3) is 0 Å². The van der Waals surface area contributed by atoms with Crippen molar-refractivity contribution in [2.45, 2.75) is 52.4 Å². The van der Waals surface area contributed by atoms with Gasteiger partial charge in [0.1, 0.15) is 0 Å². The van der Waals surface area contributed by atoms with Crippen molar-refractivity contribution in [2.75, 3.05) is 0 Å². The molecule has 0 spiro atoms. The molecule has 2 aliphatic rings. The van der Waals surface area contributed by atoms with Crippen molar-refractivity contribution < 1.29 is 15.0 Å². The number of carboxylic acids is 1. The van der Waals surface area contributed by atoms with Crippen molar-refractivity contribution >= 4 is 5.97 Å². The summed E-state index contributed by atoms with van der Waals surface area (Å²) < 4.78 is 0. The van der Waals surface area contributed by atoms with E-state index in [0.717, 1.165) is 13.3 Å². The normalized spacial score (nSPS) is 32.9. The Morgan fingerprint density at radius 1 is 1.44 bits per heavy atom. The quantitative estimate of drug-likeness (QED) is 0.664. The highest BCUT2D eigenvalue weighted by Crippen LogP contribution is 2.49. The van der Waals surface area contributed by atoms with Crippen LogP contribution in [0.4, 0.5) is 0 Å². The Kier molecular flexibility index (Phi) is 4.39. The number of carboxylic acid groups (broad SMARTS) is 1. The molecule has 2 rings (SSSR count). The smallest absolute Gasteiger partial charge is 0.300 e.